The Morgan fingerprint density at radius 3 is 2.75 bits per heavy atom. The number of anilines is 1. The van der Waals surface area contributed by atoms with Crippen molar-refractivity contribution < 1.29 is 18.1 Å². The van der Waals surface area contributed by atoms with Crippen LogP contribution in [0.1, 0.15) is 44.9 Å². The van der Waals surface area contributed by atoms with Gasteiger partial charge >= 0.3 is 0 Å². The van der Waals surface area contributed by atoms with Gasteiger partial charge in [0, 0.05) is 31.6 Å². The van der Waals surface area contributed by atoms with E-state index in [1.165, 1.54) is 42.7 Å². The highest BCUT2D eigenvalue weighted by atomic mass is 32.2. The average molecular weight is 410 g/mol. The molecule has 0 aliphatic heterocycles. The summed E-state index contributed by atoms with van der Waals surface area (Å²) in [5, 5.41) is 13.8. The maximum Gasteiger partial charge on any atom is 0.271 e. The van der Waals surface area contributed by atoms with Crippen LogP contribution in [0, 0.1) is 10.1 Å². The standard InChI is InChI=1S/C19H27N3O5S/c1-28(26,27)21(17-9-5-10-18(15-17)22(24)25)14-6-11-19(23)20-13-12-16-7-3-2-4-8-16/h5,7,9-10,15H,2-4,6,8,11-14H2,1H3,(H,20,23). The normalized spacial score (nSPS) is 14.2. The fraction of sp³-hybridized carbons (Fsp3) is 0.526. The van der Waals surface area contributed by atoms with Gasteiger partial charge in [-0.2, -0.15) is 0 Å². The molecule has 1 amide bonds. The highest BCUT2D eigenvalue weighted by molar-refractivity contribution is 7.92. The number of non-ortho nitro benzene ring substituents is 1. The minimum atomic E-state index is -3.62. The van der Waals surface area contributed by atoms with Crippen molar-refractivity contribution in [1.82, 2.24) is 5.32 Å². The molecule has 0 saturated heterocycles. The summed E-state index contributed by atoms with van der Waals surface area (Å²) in [6.45, 7) is 0.671. The lowest BCUT2D eigenvalue weighted by Crippen LogP contribution is -2.32. The van der Waals surface area contributed by atoms with Crippen LogP contribution in [-0.4, -0.2) is 38.6 Å². The smallest absolute Gasteiger partial charge is 0.271 e. The predicted octanol–water partition coefficient (Wildman–Crippen LogP) is 3.15. The maximum absolute atomic E-state index is 12.1. The number of nitro benzene ring substituents is 1. The van der Waals surface area contributed by atoms with E-state index in [2.05, 4.69) is 11.4 Å². The number of rotatable bonds is 10. The van der Waals surface area contributed by atoms with Gasteiger partial charge in [-0.05, 0) is 44.6 Å². The molecule has 1 aliphatic carbocycles. The fourth-order valence-corrected chi connectivity index (χ4v) is 4.17. The number of hydrogen-bond acceptors (Lipinski definition) is 5. The van der Waals surface area contributed by atoms with Gasteiger partial charge < -0.3 is 5.32 Å². The third-order valence-electron chi connectivity index (χ3n) is 4.65. The number of benzene rings is 1. The minimum Gasteiger partial charge on any atom is -0.356 e. The first kappa shape index (κ1) is 21.9. The second kappa shape index (κ2) is 10.2. The molecule has 28 heavy (non-hydrogen) atoms. The number of nitrogens with zero attached hydrogens (tertiary/aromatic N) is 2. The highest BCUT2D eigenvalue weighted by Gasteiger charge is 2.19. The molecule has 1 N–H and O–H groups in total. The van der Waals surface area contributed by atoms with Crippen molar-refractivity contribution in [3.05, 3.63) is 46.0 Å². The van der Waals surface area contributed by atoms with Crippen LogP contribution in [-0.2, 0) is 14.8 Å². The molecular weight excluding hydrogens is 382 g/mol. The van der Waals surface area contributed by atoms with Crippen molar-refractivity contribution >= 4 is 27.3 Å². The summed E-state index contributed by atoms with van der Waals surface area (Å²) in [5.74, 6) is -0.121. The molecule has 0 aromatic heterocycles. The Labute approximate surface area is 165 Å². The third-order valence-corrected chi connectivity index (χ3v) is 5.84. The summed E-state index contributed by atoms with van der Waals surface area (Å²) in [6, 6.07) is 5.47. The van der Waals surface area contributed by atoms with E-state index in [0.29, 0.717) is 13.0 Å². The molecule has 1 aliphatic rings. The molecule has 8 nitrogen and oxygen atoms in total. The number of amides is 1. The highest BCUT2D eigenvalue weighted by Crippen LogP contribution is 2.23. The Bertz CT molecular complexity index is 836. The van der Waals surface area contributed by atoms with Crippen molar-refractivity contribution in [1.29, 1.82) is 0 Å². The van der Waals surface area contributed by atoms with Crippen molar-refractivity contribution in [3.8, 4) is 0 Å². The first-order chi connectivity index (χ1) is 13.3. The lowest BCUT2D eigenvalue weighted by molar-refractivity contribution is -0.384. The summed E-state index contributed by atoms with van der Waals surface area (Å²) in [4.78, 5) is 22.4. The van der Waals surface area contributed by atoms with E-state index in [1.54, 1.807) is 0 Å². The zero-order chi connectivity index (χ0) is 20.6. The molecule has 0 bridgehead atoms. The van der Waals surface area contributed by atoms with Gasteiger partial charge in [-0.15, -0.1) is 0 Å². The molecule has 0 saturated carbocycles. The largest absolute Gasteiger partial charge is 0.356 e. The second-order valence-electron chi connectivity index (χ2n) is 6.92. The molecule has 0 spiro atoms. The van der Waals surface area contributed by atoms with Gasteiger partial charge in [0.05, 0.1) is 16.9 Å². The first-order valence-corrected chi connectivity index (χ1v) is 11.3. The zero-order valence-corrected chi connectivity index (χ0v) is 16.9. The molecule has 0 fully saturated rings. The quantitative estimate of drug-likeness (QED) is 0.363. The van der Waals surface area contributed by atoms with Crippen molar-refractivity contribution in [2.24, 2.45) is 0 Å². The lowest BCUT2D eigenvalue weighted by atomic mass is 9.97. The molecule has 2 rings (SSSR count). The number of nitro groups is 1. The van der Waals surface area contributed by atoms with Gasteiger partial charge in [-0.25, -0.2) is 8.42 Å². The summed E-state index contributed by atoms with van der Waals surface area (Å²) in [7, 11) is -3.62. The van der Waals surface area contributed by atoms with E-state index < -0.39 is 14.9 Å². The van der Waals surface area contributed by atoms with Gasteiger partial charge in [0.1, 0.15) is 0 Å². The van der Waals surface area contributed by atoms with Crippen LogP contribution >= 0.6 is 0 Å². The van der Waals surface area contributed by atoms with Crippen LogP contribution in [0.5, 0.6) is 0 Å². The Balaban J connectivity index is 1.85. The zero-order valence-electron chi connectivity index (χ0n) is 16.1. The minimum absolute atomic E-state index is 0.0819. The van der Waals surface area contributed by atoms with E-state index in [4.69, 9.17) is 0 Å². The van der Waals surface area contributed by atoms with E-state index in [1.807, 2.05) is 0 Å². The molecule has 154 valence electrons. The monoisotopic (exact) mass is 409 g/mol. The van der Waals surface area contributed by atoms with Crippen LogP contribution in [0.15, 0.2) is 35.9 Å². The van der Waals surface area contributed by atoms with Crippen LogP contribution in [0.3, 0.4) is 0 Å². The van der Waals surface area contributed by atoms with E-state index in [0.717, 1.165) is 29.8 Å². The predicted molar refractivity (Wildman–Crippen MR) is 109 cm³/mol. The maximum atomic E-state index is 12.1. The summed E-state index contributed by atoms with van der Waals surface area (Å²) in [5.41, 5.74) is 1.43. The van der Waals surface area contributed by atoms with Crippen molar-refractivity contribution in [2.45, 2.75) is 44.9 Å². The lowest BCUT2D eigenvalue weighted by Gasteiger charge is -2.22. The van der Waals surface area contributed by atoms with Crippen LogP contribution in [0.2, 0.25) is 0 Å². The van der Waals surface area contributed by atoms with Gasteiger partial charge in [0.25, 0.3) is 5.69 Å². The molecule has 0 atom stereocenters. The summed E-state index contributed by atoms with van der Waals surface area (Å²) < 4.78 is 25.3. The molecule has 0 radical (unpaired) electrons. The number of carbonyl (C=O) groups is 1. The number of hydrogen-bond donors (Lipinski definition) is 1. The Hall–Kier alpha value is -2.42. The van der Waals surface area contributed by atoms with E-state index >= 15 is 0 Å². The van der Waals surface area contributed by atoms with Crippen molar-refractivity contribution in [2.75, 3.05) is 23.7 Å². The van der Waals surface area contributed by atoms with Crippen LogP contribution in [0.4, 0.5) is 11.4 Å². The van der Waals surface area contributed by atoms with Crippen LogP contribution < -0.4 is 9.62 Å². The van der Waals surface area contributed by atoms with E-state index in [-0.39, 0.29) is 30.2 Å². The van der Waals surface area contributed by atoms with Gasteiger partial charge in [0.15, 0.2) is 0 Å². The second-order valence-corrected chi connectivity index (χ2v) is 8.83. The number of nitrogens with one attached hydrogen (secondary N) is 1. The third kappa shape index (κ3) is 6.95. The molecule has 0 unspecified atom stereocenters. The molecule has 1 aromatic carbocycles. The molecular formula is C19H27N3O5S. The fourth-order valence-electron chi connectivity index (χ4n) is 3.21. The molecule has 1 aromatic rings. The number of sulfonamides is 1. The number of carbonyl (C=O) groups excluding carboxylic acids is 1. The molecule has 9 heteroatoms. The molecule has 0 heterocycles. The van der Waals surface area contributed by atoms with E-state index in [9.17, 15) is 23.3 Å². The van der Waals surface area contributed by atoms with Gasteiger partial charge in [0.2, 0.25) is 15.9 Å². The Kier molecular flexibility index (Phi) is 7.98. The topological polar surface area (TPSA) is 110 Å². The van der Waals surface area contributed by atoms with Gasteiger partial charge in [-0.1, -0.05) is 17.7 Å². The first-order valence-electron chi connectivity index (χ1n) is 9.44. The number of allylic oxidation sites excluding steroid dienone is 1. The average Bonchev–Trinajstić information content (AvgIpc) is 2.65. The SMILES string of the molecule is CS(=O)(=O)N(CCCC(=O)NCCC1=CCCCC1)c1cccc([N+](=O)[O-])c1. The summed E-state index contributed by atoms with van der Waals surface area (Å²) in [6.07, 6.45) is 9.32. The van der Waals surface area contributed by atoms with Crippen molar-refractivity contribution in [3.63, 3.8) is 0 Å². The van der Waals surface area contributed by atoms with Crippen LogP contribution in [0.25, 0.3) is 0 Å². The summed E-state index contributed by atoms with van der Waals surface area (Å²) >= 11 is 0. The van der Waals surface area contributed by atoms with Gasteiger partial charge in [-0.3, -0.25) is 19.2 Å². The Morgan fingerprint density at radius 2 is 2.11 bits per heavy atom. The Morgan fingerprint density at radius 1 is 1.32 bits per heavy atom.